The first-order valence-corrected chi connectivity index (χ1v) is 6.67. The summed E-state index contributed by atoms with van der Waals surface area (Å²) in [5, 5.41) is 0. The third-order valence-corrected chi connectivity index (χ3v) is 3.21. The lowest BCUT2D eigenvalue weighted by Crippen LogP contribution is -2.00. The molecule has 3 nitrogen and oxygen atoms in total. The lowest BCUT2D eigenvalue weighted by molar-refractivity contribution is 0.0981. The maximum absolute atomic E-state index is 11.5. The number of benzene rings is 1. The summed E-state index contributed by atoms with van der Waals surface area (Å²) in [6.07, 6.45) is 2.45. The number of hydrogen-bond acceptors (Lipinski definition) is 3. The molecule has 0 aromatic heterocycles. The van der Waals surface area contributed by atoms with Crippen molar-refractivity contribution in [2.75, 3.05) is 6.26 Å². The van der Waals surface area contributed by atoms with Gasteiger partial charge in [-0.2, -0.15) is 0 Å². The molecule has 15 heavy (non-hydrogen) atoms. The van der Waals surface area contributed by atoms with Crippen LogP contribution in [0.5, 0.6) is 0 Å². The lowest BCUT2D eigenvalue weighted by Gasteiger charge is -2.01. The van der Waals surface area contributed by atoms with Crippen molar-refractivity contribution in [2.24, 2.45) is 0 Å². The summed E-state index contributed by atoms with van der Waals surface area (Å²) in [6.45, 7) is 1.93. The molecule has 0 unspecified atom stereocenters. The molecule has 0 bridgehead atoms. The summed E-state index contributed by atoms with van der Waals surface area (Å²) in [6, 6.07) is 6.07. The average molecular weight is 226 g/mol. The smallest absolute Gasteiger partial charge is 0.175 e. The second-order valence-corrected chi connectivity index (χ2v) is 5.49. The molecule has 1 aromatic carbocycles. The number of hydrogen-bond donors (Lipinski definition) is 0. The van der Waals surface area contributed by atoms with Crippen LogP contribution >= 0.6 is 0 Å². The third-order valence-electron chi connectivity index (χ3n) is 2.08. The fraction of sp³-hybridized carbons (Fsp3) is 0.364. The van der Waals surface area contributed by atoms with Gasteiger partial charge in [-0.25, -0.2) is 8.42 Å². The highest BCUT2D eigenvalue weighted by Crippen LogP contribution is 2.12. The van der Waals surface area contributed by atoms with Gasteiger partial charge in [-0.05, 0) is 18.6 Å². The predicted molar refractivity (Wildman–Crippen MR) is 58.8 cm³/mol. The van der Waals surface area contributed by atoms with Gasteiger partial charge >= 0.3 is 0 Å². The highest BCUT2D eigenvalue weighted by atomic mass is 32.2. The van der Waals surface area contributed by atoms with Crippen LogP contribution in [0.15, 0.2) is 29.2 Å². The molecule has 0 radical (unpaired) electrons. The number of carbonyl (C=O) groups is 1. The fourth-order valence-electron chi connectivity index (χ4n) is 1.26. The Hall–Kier alpha value is -1.16. The molecule has 0 aliphatic carbocycles. The van der Waals surface area contributed by atoms with E-state index in [0.29, 0.717) is 12.0 Å². The number of sulfone groups is 1. The van der Waals surface area contributed by atoms with Crippen molar-refractivity contribution < 1.29 is 13.2 Å². The van der Waals surface area contributed by atoms with Crippen LogP contribution in [0.3, 0.4) is 0 Å². The van der Waals surface area contributed by atoms with Crippen molar-refractivity contribution in [2.45, 2.75) is 24.7 Å². The van der Waals surface area contributed by atoms with Gasteiger partial charge in [0.2, 0.25) is 0 Å². The standard InChI is InChI=1S/C11H14O3S/c1-3-4-11(12)9-5-7-10(8-6-9)15(2,13)14/h5-8H,3-4H2,1-2H3. The van der Waals surface area contributed by atoms with Gasteiger partial charge in [-0.3, -0.25) is 4.79 Å². The first-order chi connectivity index (χ1) is 6.95. The van der Waals surface area contributed by atoms with Crippen molar-refractivity contribution in [1.29, 1.82) is 0 Å². The fourth-order valence-corrected chi connectivity index (χ4v) is 1.89. The first-order valence-electron chi connectivity index (χ1n) is 4.78. The molecule has 4 heteroatoms. The number of rotatable bonds is 4. The van der Waals surface area contributed by atoms with E-state index in [1.54, 1.807) is 12.1 Å². The van der Waals surface area contributed by atoms with Gasteiger partial charge in [-0.1, -0.05) is 19.1 Å². The van der Waals surface area contributed by atoms with E-state index in [2.05, 4.69) is 0 Å². The molecule has 0 saturated heterocycles. The summed E-state index contributed by atoms with van der Waals surface area (Å²) in [4.78, 5) is 11.7. The minimum Gasteiger partial charge on any atom is -0.294 e. The summed E-state index contributed by atoms with van der Waals surface area (Å²) >= 11 is 0. The number of Topliss-reactive ketones (excluding diaryl/α,β-unsaturated/α-hetero) is 1. The lowest BCUT2D eigenvalue weighted by atomic mass is 10.1. The quantitative estimate of drug-likeness (QED) is 0.738. The molecule has 0 aliphatic rings. The Morgan fingerprint density at radius 2 is 1.73 bits per heavy atom. The van der Waals surface area contributed by atoms with Crippen LogP contribution in [-0.4, -0.2) is 20.5 Å². The highest BCUT2D eigenvalue weighted by molar-refractivity contribution is 7.90. The van der Waals surface area contributed by atoms with Gasteiger partial charge in [0.25, 0.3) is 0 Å². The van der Waals surface area contributed by atoms with E-state index in [0.717, 1.165) is 12.7 Å². The van der Waals surface area contributed by atoms with E-state index in [9.17, 15) is 13.2 Å². The van der Waals surface area contributed by atoms with E-state index in [4.69, 9.17) is 0 Å². The molecule has 1 rings (SSSR count). The zero-order valence-corrected chi connectivity index (χ0v) is 9.67. The van der Waals surface area contributed by atoms with Crippen molar-refractivity contribution in [3.8, 4) is 0 Å². The zero-order chi connectivity index (χ0) is 11.5. The van der Waals surface area contributed by atoms with E-state index in [1.165, 1.54) is 12.1 Å². The molecule has 0 fully saturated rings. The number of ketones is 1. The Bertz CT molecular complexity index is 443. The second kappa shape index (κ2) is 4.57. The van der Waals surface area contributed by atoms with Gasteiger partial charge in [-0.15, -0.1) is 0 Å². The minimum atomic E-state index is -3.17. The molecule has 0 N–H and O–H groups in total. The summed E-state index contributed by atoms with van der Waals surface area (Å²) < 4.78 is 22.3. The topological polar surface area (TPSA) is 51.2 Å². The Morgan fingerprint density at radius 1 is 1.20 bits per heavy atom. The van der Waals surface area contributed by atoms with Crippen LogP contribution in [-0.2, 0) is 9.84 Å². The van der Waals surface area contributed by atoms with Gasteiger partial charge in [0.1, 0.15) is 0 Å². The molecule has 0 atom stereocenters. The van der Waals surface area contributed by atoms with Crippen molar-refractivity contribution in [3.63, 3.8) is 0 Å². The van der Waals surface area contributed by atoms with Gasteiger partial charge in [0.15, 0.2) is 15.6 Å². The maximum Gasteiger partial charge on any atom is 0.175 e. The molecule has 0 heterocycles. The van der Waals surface area contributed by atoms with E-state index >= 15 is 0 Å². The van der Waals surface area contributed by atoms with Crippen LogP contribution in [0.2, 0.25) is 0 Å². The van der Waals surface area contributed by atoms with Gasteiger partial charge in [0, 0.05) is 18.2 Å². The molecular formula is C11H14O3S. The van der Waals surface area contributed by atoms with Crippen LogP contribution in [0.1, 0.15) is 30.1 Å². The summed E-state index contributed by atoms with van der Waals surface area (Å²) in [5.74, 6) is 0.0533. The van der Waals surface area contributed by atoms with E-state index in [-0.39, 0.29) is 10.7 Å². The Morgan fingerprint density at radius 3 is 2.13 bits per heavy atom. The molecule has 0 spiro atoms. The summed E-state index contributed by atoms with van der Waals surface area (Å²) in [7, 11) is -3.17. The SMILES string of the molecule is CCCC(=O)c1ccc(S(C)(=O)=O)cc1. The summed E-state index contributed by atoms with van der Waals surface area (Å²) in [5.41, 5.74) is 0.573. The molecular weight excluding hydrogens is 212 g/mol. The van der Waals surface area contributed by atoms with Crippen LogP contribution in [0.25, 0.3) is 0 Å². The molecule has 0 aliphatic heterocycles. The van der Waals surface area contributed by atoms with Crippen LogP contribution in [0.4, 0.5) is 0 Å². The highest BCUT2D eigenvalue weighted by Gasteiger charge is 2.08. The largest absolute Gasteiger partial charge is 0.294 e. The van der Waals surface area contributed by atoms with Gasteiger partial charge in [0.05, 0.1) is 4.90 Å². The van der Waals surface area contributed by atoms with E-state index < -0.39 is 9.84 Å². The Balaban J connectivity index is 2.96. The monoisotopic (exact) mass is 226 g/mol. The van der Waals surface area contributed by atoms with Crippen LogP contribution in [0, 0.1) is 0 Å². The molecule has 0 saturated carbocycles. The molecule has 0 amide bonds. The molecule has 1 aromatic rings. The second-order valence-electron chi connectivity index (χ2n) is 3.47. The average Bonchev–Trinajstić information content (AvgIpc) is 2.17. The third kappa shape index (κ3) is 3.16. The van der Waals surface area contributed by atoms with E-state index in [1.807, 2.05) is 6.92 Å². The normalized spacial score (nSPS) is 11.3. The first kappa shape index (κ1) is 11.9. The molecule has 82 valence electrons. The zero-order valence-electron chi connectivity index (χ0n) is 8.86. The van der Waals surface area contributed by atoms with Crippen molar-refractivity contribution >= 4 is 15.6 Å². The predicted octanol–water partition coefficient (Wildman–Crippen LogP) is 2.07. The van der Waals surface area contributed by atoms with Crippen LogP contribution < -0.4 is 0 Å². The Labute approximate surface area is 90.0 Å². The Kier molecular flexibility index (Phi) is 3.63. The van der Waals surface area contributed by atoms with Crippen molar-refractivity contribution in [3.05, 3.63) is 29.8 Å². The van der Waals surface area contributed by atoms with Gasteiger partial charge < -0.3 is 0 Å². The number of carbonyl (C=O) groups excluding carboxylic acids is 1. The van der Waals surface area contributed by atoms with Crippen molar-refractivity contribution in [1.82, 2.24) is 0 Å². The maximum atomic E-state index is 11.5. The minimum absolute atomic E-state index is 0.0533.